The lowest BCUT2D eigenvalue weighted by Crippen LogP contribution is -2.40. The van der Waals surface area contributed by atoms with Crippen LogP contribution in [0.3, 0.4) is 0 Å². The van der Waals surface area contributed by atoms with Crippen molar-refractivity contribution in [1.82, 2.24) is 5.32 Å². The Balaban J connectivity index is 2.61. The second kappa shape index (κ2) is 8.16. The molecule has 108 valence electrons. The van der Waals surface area contributed by atoms with E-state index in [0.717, 1.165) is 24.9 Å². The predicted octanol–water partition coefficient (Wildman–Crippen LogP) is 3.93. The van der Waals surface area contributed by atoms with Gasteiger partial charge >= 0.3 is 0 Å². The molecular weight excluding hydrogens is 241 g/mol. The number of aryl methyl sites for hydroxylation is 1. The lowest BCUT2D eigenvalue weighted by molar-refractivity contribution is 0.214. The summed E-state index contributed by atoms with van der Waals surface area (Å²) >= 11 is 0. The Hall–Kier alpha value is -1.09. The van der Waals surface area contributed by atoms with Crippen molar-refractivity contribution in [3.63, 3.8) is 0 Å². The fourth-order valence-corrected chi connectivity index (χ4v) is 1.94. The average molecular weight is 267 g/mol. The first-order chi connectivity index (χ1) is 9.08. The molecule has 0 saturated carbocycles. The molecule has 2 unspecified atom stereocenters. The molecule has 0 radical (unpaired) electrons. The Morgan fingerprint density at radius 3 is 2.68 bits per heavy atom. The summed E-state index contributed by atoms with van der Waals surface area (Å²) in [4.78, 5) is 0. The van der Waals surface area contributed by atoms with Crippen molar-refractivity contribution in [1.29, 1.82) is 0 Å². The molecular formula is C16H26FNO. The Kier molecular flexibility index (Phi) is 6.85. The van der Waals surface area contributed by atoms with Gasteiger partial charge in [0.2, 0.25) is 0 Å². The van der Waals surface area contributed by atoms with Crippen LogP contribution in [0.2, 0.25) is 0 Å². The van der Waals surface area contributed by atoms with Crippen LogP contribution in [0.15, 0.2) is 18.2 Å². The van der Waals surface area contributed by atoms with Gasteiger partial charge in [0.15, 0.2) is 11.6 Å². The van der Waals surface area contributed by atoms with E-state index in [0.29, 0.717) is 18.3 Å². The van der Waals surface area contributed by atoms with Gasteiger partial charge in [0, 0.05) is 6.04 Å². The van der Waals surface area contributed by atoms with E-state index < -0.39 is 0 Å². The smallest absolute Gasteiger partial charge is 0.165 e. The summed E-state index contributed by atoms with van der Waals surface area (Å²) in [5.74, 6) is 0.579. The maximum Gasteiger partial charge on any atom is 0.165 e. The topological polar surface area (TPSA) is 21.3 Å². The SMILES string of the molecule is CCCNC(COc1cc(C)ccc1F)C(C)CC. The fraction of sp³-hybridized carbons (Fsp3) is 0.625. The molecule has 1 aromatic rings. The maximum atomic E-state index is 13.6. The zero-order valence-electron chi connectivity index (χ0n) is 12.5. The second-order valence-corrected chi connectivity index (χ2v) is 5.19. The highest BCUT2D eigenvalue weighted by Crippen LogP contribution is 2.19. The third-order valence-electron chi connectivity index (χ3n) is 3.49. The highest BCUT2D eigenvalue weighted by Gasteiger charge is 2.16. The van der Waals surface area contributed by atoms with Gasteiger partial charge in [-0.1, -0.05) is 33.3 Å². The number of halogens is 1. The molecule has 0 saturated heterocycles. The number of nitrogens with one attached hydrogen (secondary N) is 1. The molecule has 1 aromatic carbocycles. The summed E-state index contributed by atoms with van der Waals surface area (Å²) in [5.41, 5.74) is 1.01. The van der Waals surface area contributed by atoms with Crippen LogP contribution in [-0.4, -0.2) is 19.2 Å². The first-order valence-corrected chi connectivity index (χ1v) is 7.20. The molecule has 0 heterocycles. The van der Waals surface area contributed by atoms with E-state index in [1.807, 2.05) is 6.92 Å². The summed E-state index contributed by atoms with van der Waals surface area (Å²) < 4.78 is 19.3. The van der Waals surface area contributed by atoms with Gasteiger partial charge in [-0.05, 0) is 43.5 Å². The molecule has 0 aliphatic heterocycles. The van der Waals surface area contributed by atoms with Crippen LogP contribution in [0.4, 0.5) is 4.39 Å². The van der Waals surface area contributed by atoms with E-state index in [1.165, 1.54) is 6.07 Å². The van der Waals surface area contributed by atoms with E-state index in [-0.39, 0.29) is 11.9 Å². The number of hydrogen-bond donors (Lipinski definition) is 1. The third-order valence-corrected chi connectivity index (χ3v) is 3.49. The summed E-state index contributed by atoms with van der Waals surface area (Å²) in [5, 5.41) is 3.48. The Morgan fingerprint density at radius 2 is 2.05 bits per heavy atom. The minimum absolute atomic E-state index is 0.268. The minimum Gasteiger partial charge on any atom is -0.489 e. The number of benzene rings is 1. The predicted molar refractivity (Wildman–Crippen MR) is 78.2 cm³/mol. The first-order valence-electron chi connectivity index (χ1n) is 7.20. The molecule has 1 N–H and O–H groups in total. The quantitative estimate of drug-likeness (QED) is 0.770. The Labute approximate surface area is 116 Å². The summed E-state index contributed by atoms with van der Waals surface area (Å²) in [6, 6.07) is 5.24. The Morgan fingerprint density at radius 1 is 1.32 bits per heavy atom. The molecule has 2 nitrogen and oxygen atoms in total. The molecule has 2 atom stereocenters. The van der Waals surface area contributed by atoms with Crippen molar-refractivity contribution < 1.29 is 9.13 Å². The lowest BCUT2D eigenvalue weighted by Gasteiger charge is -2.24. The molecule has 0 aliphatic carbocycles. The summed E-state index contributed by atoms with van der Waals surface area (Å²) in [6.45, 7) is 9.92. The van der Waals surface area contributed by atoms with Gasteiger partial charge in [0.05, 0.1) is 0 Å². The van der Waals surface area contributed by atoms with E-state index >= 15 is 0 Å². The number of ether oxygens (including phenoxy) is 1. The standard InChI is InChI=1S/C16H26FNO/c1-5-9-18-15(13(4)6-2)11-19-16-10-12(3)7-8-14(16)17/h7-8,10,13,15,18H,5-6,9,11H2,1-4H3. The van der Waals surface area contributed by atoms with Crippen LogP contribution in [0.1, 0.15) is 39.2 Å². The average Bonchev–Trinajstić information content (AvgIpc) is 2.41. The molecule has 0 aliphatic rings. The molecule has 0 amide bonds. The van der Waals surface area contributed by atoms with Crippen molar-refractivity contribution >= 4 is 0 Å². The highest BCUT2D eigenvalue weighted by atomic mass is 19.1. The van der Waals surface area contributed by atoms with E-state index in [1.54, 1.807) is 12.1 Å². The second-order valence-electron chi connectivity index (χ2n) is 5.19. The van der Waals surface area contributed by atoms with Crippen LogP contribution >= 0.6 is 0 Å². The molecule has 0 aromatic heterocycles. The van der Waals surface area contributed by atoms with Gasteiger partial charge in [0.25, 0.3) is 0 Å². The van der Waals surface area contributed by atoms with Gasteiger partial charge in [-0.2, -0.15) is 0 Å². The molecule has 0 bridgehead atoms. The Bertz CT molecular complexity index is 381. The molecule has 0 spiro atoms. The van der Waals surface area contributed by atoms with Gasteiger partial charge in [-0.15, -0.1) is 0 Å². The van der Waals surface area contributed by atoms with Crippen LogP contribution in [0.25, 0.3) is 0 Å². The third kappa shape index (κ3) is 5.19. The van der Waals surface area contributed by atoms with Crippen LogP contribution < -0.4 is 10.1 Å². The van der Waals surface area contributed by atoms with Gasteiger partial charge in [-0.25, -0.2) is 4.39 Å². The van der Waals surface area contributed by atoms with E-state index in [2.05, 4.69) is 26.1 Å². The largest absolute Gasteiger partial charge is 0.489 e. The monoisotopic (exact) mass is 267 g/mol. The van der Waals surface area contributed by atoms with Crippen LogP contribution in [-0.2, 0) is 0 Å². The van der Waals surface area contributed by atoms with Crippen LogP contribution in [0, 0.1) is 18.7 Å². The van der Waals surface area contributed by atoms with Crippen molar-refractivity contribution in [2.24, 2.45) is 5.92 Å². The zero-order valence-corrected chi connectivity index (χ0v) is 12.5. The first kappa shape index (κ1) is 16.0. The summed E-state index contributed by atoms with van der Waals surface area (Å²) in [7, 11) is 0. The van der Waals surface area contributed by atoms with E-state index in [9.17, 15) is 4.39 Å². The molecule has 0 fully saturated rings. The summed E-state index contributed by atoms with van der Waals surface area (Å²) in [6.07, 6.45) is 2.17. The molecule has 3 heteroatoms. The van der Waals surface area contributed by atoms with Crippen molar-refractivity contribution in [2.45, 2.75) is 46.6 Å². The fourth-order valence-electron chi connectivity index (χ4n) is 1.94. The van der Waals surface area contributed by atoms with Crippen molar-refractivity contribution in [3.8, 4) is 5.75 Å². The van der Waals surface area contributed by atoms with Gasteiger partial charge in [-0.3, -0.25) is 0 Å². The van der Waals surface area contributed by atoms with Gasteiger partial charge < -0.3 is 10.1 Å². The molecule has 19 heavy (non-hydrogen) atoms. The minimum atomic E-state index is -0.288. The normalized spacial score (nSPS) is 14.2. The van der Waals surface area contributed by atoms with Crippen molar-refractivity contribution in [2.75, 3.05) is 13.2 Å². The number of hydrogen-bond acceptors (Lipinski definition) is 2. The van der Waals surface area contributed by atoms with Crippen LogP contribution in [0.5, 0.6) is 5.75 Å². The van der Waals surface area contributed by atoms with E-state index in [4.69, 9.17) is 4.74 Å². The zero-order chi connectivity index (χ0) is 14.3. The number of rotatable bonds is 8. The lowest BCUT2D eigenvalue weighted by atomic mass is 10.00. The van der Waals surface area contributed by atoms with Gasteiger partial charge in [0.1, 0.15) is 6.61 Å². The molecule has 1 rings (SSSR count). The maximum absolute atomic E-state index is 13.6. The highest BCUT2D eigenvalue weighted by molar-refractivity contribution is 5.29. The van der Waals surface area contributed by atoms with Crippen molar-refractivity contribution in [3.05, 3.63) is 29.6 Å².